The molecule has 0 bridgehead atoms. The molecule has 0 aliphatic rings. The van der Waals surface area contributed by atoms with Crippen molar-refractivity contribution >= 4 is 15.9 Å². The van der Waals surface area contributed by atoms with E-state index in [9.17, 15) is 0 Å². The van der Waals surface area contributed by atoms with Crippen molar-refractivity contribution in [2.75, 3.05) is 25.2 Å². The van der Waals surface area contributed by atoms with Crippen LogP contribution >= 0.6 is 15.9 Å². The van der Waals surface area contributed by atoms with E-state index in [0.717, 1.165) is 17.7 Å². The van der Waals surface area contributed by atoms with Gasteiger partial charge in [-0.15, -0.1) is 0 Å². The Balaban J connectivity index is 2.53. The monoisotopic (exact) mass is 300 g/mol. The lowest BCUT2D eigenvalue weighted by Crippen LogP contribution is -2.15. The summed E-state index contributed by atoms with van der Waals surface area (Å²) in [5, 5.41) is 0.867. The molecule has 0 amide bonds. The summed E-state index contributed by atoms with van der Waals surface area (Å²) in [5.74, 6) is 0.961. The average molecular weight is 301 g/mol. The van der Waals surface area contributed by atoms with Gasteiger partial charge in [-0.1, -0.05) is 54.9 Å². The molecule has 1 aromatic carbocycles. The van der Waals surface area contributed by atoms with Crippen molar-refractivity contribution in [3.05, 3.63) is 29.8 Å². The van der Waals surface area contributed by atoms with E-state index in [4.69, 9.17) is 9.47 Å². The molecule has 1 aromatic rings. The maximum absolute atomic E-state index is 5.77. The fourth-order valence-corrected chi connectivity index (χ4v) is 1.81. The van der Waals surface area contributed by atoms with Gasteiger partial charge in [-0.25, -0.2) is 0 Å². The Morgan fingerprint density at radius 1 is 1.06 bits per heavy atom. The summed E-state index contributed by atoms with van der Waals surface area (Å²) in [4.78, 5) is 0. The molecule has 0 saturated heterocycles. The Labute approximate surface area is 112 Å². The number of ether oxygens (including phenoxy) is 2. The Hall–Kier alpha value is -0.540. The minimum Gasteiger partial charge on any atom is -0.491 e. The van der Waals surface area contributed by atoms with Crippen molar-refractivity contribution in [1.82, 2.24) is 0 Å². The van der Waals surface area contributed by atoms with Gasteiger partial charge in [0.05, 0.1) is 13.2 Å². The smallest absolute Gasteiger partial charge is 0.123 e. The molecule has 0 aliphatic heterocycles. The summed E-state index contributed by atoms with van der Waals surface area (Å²) in [7, 11) is 0. The fourth-order valence-electron chi connectivity index (χ4n) is 1.58. The van der Waals surface area contributed by atoms with Crippen molar-refractivity contribution in [2.45, 2.75) is 26.2 Å². The van der Waals surface area contributed by atoms with Gasteiger partial charge < -0.3 is 9.47 Å². The SMILES string of the molecule is CC(C)(C)c1ccccc1OCCOCCBr. The first-order valence-corrected chi connectivity index (χ1v) is 7.04. The summed E-state index contributed by atoms with van der Waals surface area (Å²) in [6.07, 6.45) is 0. The van der Waals surface area contributed by atoms with E-state index in [2.05, 4.69) is 48.8 Å². The largest absolute Gasteiger partial charge is 0.491 e. The number of halogens is 1. The van der Waals surface area contributed by atoms with Crippen LogP contribution < -0.4 is 4.74 Å². The molecule has 0 N–H and O–H groups in total. The fraction of sp³-hybridized carbons (Fsp3) is 0.571. The van der Waals surface area contributed by atoms with Crippen molar-refractivity contribution in [3.63, 3.8) is 0 Å². The molecule has 96 valence electrons. The minimum atomic E-state index is 0.104. The predicted molar refractivity (Wildman–Crippen MR) is 75.3 cm³/mol. The molecule has 0 unspecified atom stereocenters. The highest BCUT2D eigenvalue weighted by molar-refractivity contribution is 9.09. The lowest BCUT2D eigenvalue weighted by Gasteiger charge is -2.22. The molecule has 1 rings (SSSR count). The molecule has 0 aromatic heterocycles. The molecular weight excluding hydrogens is 280 g/mol. The summed E-state index contributed by atoms with van der Waals surface area (Å²) >= 11 is 3.32. The molecule has 0 heterocycles. The van der Waals surface area contributed by atoms with Crippen molar-refractivity contribution < 1.29 is 9.47 Å². The van der Waals surface area contributed by atoms with Gasteiger partial charge in [-0.2, -0.15) is 0 Å². The number of hydrogen-bond donors (Lipinski definition) is 0. The molecule has 0 saturated carbocycles. The molecule has 3 heteroatoms. The van der Waals surface area contributed by atoms with Crippen LogP contribution in [0.4, 0.5) is 0 Å². The van der Waals surface area contributed by atoms with Crippen LogP contribution in [0, 0.1) is 0 Å². The Bertz CT molecular complexity index is 331. The van der Waals surface area contributed by atoms with Gasteiger partial charge in [0, 0.05) is 5.33 Å². The molecule has 0 aliphatic carbocycles. The van der Waals surface area contributed by atoms with Crippen molar-refractivity contribution in [3.8, 4) is 5.75 Å². The van der Waals surface area contributed by atoms with E-state index in [1.165, 1.54) is 5.56 Å². The number of benzene rings is 1. The zero-order valence-corrected chi connectivity index (χ0v) is 12.4. The van der Waals surface area contributed by atoms with Crippen molar-refractivity contribution in [2.24, 2.45) is 0 Å². The molecule has 2 nitrogen and oxygen atoms in total. The third-order valence-corrected chi connectivity index (χ3v) is 2.73. The lowest BCUT2D eigenvalue weighted by molar-refractivity contribution is 0.111. The van der Waals surface area contributed by atoms with Gasteiger partial charge in [0.25, 0.3) is 0 Å². The minimum absolute atomic E-state index is 0.104. The van der Waals surface area contributed by atoms with E-state index < -0.39 is 0 Å². The Morgan fingerprint density at radius 3 is 2.41 bits per heavy atom. The highest BCUT2D eigenvalue weighted by Crippen LogP contribution is 2.30. The molecule has 0 spiro atoms. The van der Waals surface area contributed by atoms with Gasteiger partial charge in [0.15, 0.2) is 0 Å². The van der Waals surface area contributed by atoms with Gasteiger partial charge in [0.2, 0.25) is 0 Å². The first-order valence-electron chi connectivity index (χ1n) is 5.91. The van der Waals surface area contributed by atoms with Gasteiger partial charge in [-0.05, 0) is 17.0 Å². The topological polar surface area (TPSA) is 18.5 Å². The number of rotatable bonds is 6. The zero-order chi connectivity index (χ0) is 12.7. The molecule has 0 atom stereocenters. The normalized spacial score (nSPS) is 11.5. The summed E-state index contributed by atoms with van der Waals surface area (Å²) in [6, 6.07) is 8.19. The number of alkyl halides is 1. The standard InChI is InChI=1S/C14H21BrO2/c1-14(2,3)12-6-4-5-7-13(12)17-11-10-16-9-8-15/h4-7H,8-11H2,1-3H3. The van der Waals surface area contributed by atoms with Crippen LogP contribution in [0.25, 0.3) is 0 Å². The third kappa shape index (κ3) is 5.09. The van der Waals surface area contributed by atoms with E-state index in [-0.39, 0.29) is 5.41 Å². The second-order valence-electron chi connectivity index (χ2n) is 4.90. The van der Waals surface area contributed by atoms with Gasteiger partial charge in [0.1, 0.15) is 12.4 Å². The maximum atomic E-state index is 5.77. The summed E-state index contributed by atoms with van der Waals surface area (Å²) in [5.41, 5.74) is 1.34. The van der Waals surface area contributed by atoms with Crippen LogP contribution in [0.1, 0.15) is 26.3 Å². The van der Waals surface area contributed by atoms with E-state index in [1.807, 2.05) is 12.1 Å². The van der Waals surface area contributed by atoms with Crippen molar-refractivity contribution in [1.29, 1.82) is 0 Å². The van der Waals surface area contributed by atoms with Crippen LogP contribution in [0.2, 0.25) is 0 Å². The lowest BCUT2D eigenvalue weighted by atomic mass is 9.86. The first kappa shape index (κ1) is 14.5. The van der Waals surface area contributed by atoms with Crippen LogP contribution in [0.3, 0.4) is 0 Å². The van der Waals surface area contributed by atoms with E-state index in [0.29, 0.717) is 13.2 Å². The molecule has 17 heavy (non-hydrogen) atoms. The van der Waals surface area contributed by atoms with Gasteiger partial charge >= 0.3 is 0 Å². The average Bonchev–Trinajstić information content (AvgIpc) is 2.28. The van der Waals surface area contributed by atoms with Crippen LogP contribution in [0.15, 0.2) is 24.3 Å². The second-order valence-corrected chi connectivity index (χ2v) is 5.69. The summed E-state index contributed by atoms with van der Waals surface area (Å²) in [6.45, 7) is 8.53. The highest BCUT2D eigenvalue weighted by atomic mass is 79.9. The Kier molecular flexibility index (Phi) is 6.00. The predicted octanol–water partition coefficient (Wildman–Crippen LogP) is 3.77. The first-order chi connectivity index (χ1) is 8.05. The van der Waals surface area contributed by atoms with E-state index in [1.54, 1.807) is 0 Å². The zero-order valence-electron chi connectivity index (χ0n) is 10.8. The Morgan fingerprint density at radius 2 is 1.76 bits per heavy atom. The highest BCUT2D eigenvalue weighted by Gasteiger charge is 2.18. The quantitative estimate of drug-likeness (QED) is 0.588. The summed E-state index contributed by atoms with van der Waals surface area (Å²) < 4.78 is 11.1. The third-order valence-electron chi connectivity index (χ3n) is 2.40. The second kappa shape index (κ2) is 7.02. The van der Waals surface area contributed by atoms with Crippen LogP contribution in [-0.4, -0.2) is 25.2 Å². The van der Waals surface area contributed by atoms with Crippen LogP contribution in [0.5, 0.6) is 5.75 Å². The van der Waals surface area contributed by atoms with E-state index >= 15 is 0 Å². The number of hydrogen-bond acceptors (Lipinski definition) is 2. The molecule has 0 radical (unpaired) electrons. The van der Waals surface area contributed by atoms with Crippen LogP contribution in [-0.2, 0) is 10.2 Å². The number of para-hydroxylation sites is 1. The maximum Gasteiger partial charge on any atom is 0.123 e. The molecular formula is C14H21BrO2. The molecule has 0 fully saturated rings. The van der Waals surface area contributed by atoms with Gasteiger partial charge in [-0.3, -0.25) is 0 Å².